The molecule has 0 saturated carbocycles. The molecule has 222 valence electrons. The summed E-state index contributed by atoms with van der Waals surface area (Å²) in [5.41, 5.74) is 0.226. The van der Waals surface area contributed by atoms with Crippen molar-refractivity contribution in [1.82, 2.24) is 28.7 Å². The number of nitrogens with one attached hydrogen (secondary N) is 1. The lowest BCUT2D eigenvalue weighted by Gasteiger charge is -2.30. The molecule has 2 aromatic heterocycles. The van der Waals surface area contributed by atoms with Gasteiger partial charge in [0.1, 0.15) is 23.3 Å². The Labute approximate surface area is 241 Å². The van der Waals surface area contributed by atoms with E-state index in [4.69, 9.17) is 16.3 Å². The van der Waals surface area contributed by atoms with Crippen molar-refractivity contribution in [3.63, 3.8) is 0 Å². The van der Waals surface area contributed by atoms with Crippen molar-refractivity contribution < 1.29 is 26.3 Å². The highest BCUT2D eigenvalue weighted by molar-refractivity contribution is 7.88. The van der Waals surface area contributed by atoms with Crippen LogP contribution >= 0.6 is 11.6 Å². The molecule has 0 radical (unpaired) electrons. The van der Waals surface area contributed by atoms with E-state index < -0.39 is 21.8 Å². The van der Waals surface area contributed by atoms with Crippen LogP contribution in [0, 0.1) is 0 Å². The molecule has 4 heterocycles. The maximum Gasteiger partial charge on any atom is 0.420 e. The predicted molar refractivity (Wildman–Crippen MR) is 148 cm³/mol. The van der Waals surface area contributed by atoms with Crippen LogP contribution in [-0.2, 0) is 27.5 Å². The van der Waals surface area contributed by atoms with E-state index >= 15 is 0 Å². The molecule has 0 amide bonds. The molecule has 0 bridgehead atoms. The number of hydrogen-bond donors (Lipinski definition) is 1. The third kappa shape index (κ3) is 7.00. The number of hydrogen-bond acceptors (Lipinski definition) is 8. The Bertz CT molecular complexity index is 1490. The minimum Gasteiger partial charge on any atom is -0.380 e. The van der Waals surface area contributed by atoms with Gasteiger partial charge in [0.2, 0.25) is 16.0 Å². The SMILES string of the molecule is CO[C@@H]1CCN(Cc2ccc(-n3cnc(-c4nc(NC5CCN(S(C)(=O)=O)CC5)ncc4C(F)(F)F)c3)c(Cl)c2)C1. The maximum atomic E-state index is 13.9. The quantitative estimate of drug-likeness (QED) is 0.406. The average molecular weight is 614 g/mol. The summed E-state index contributed by atoms with van der Waals surface area (Å²) in [7, 11) is -1.59. The van der Waals surface area contributed by atoms with Crippen LogP contribution in [0.5, 0.6) is 0 Å². The Morgan fingerprint density at radius 2 is 1.90 bits per heavy atom. The van der Waals surface area contributed by atoms with Crippen molar-refractivity contribution in [2.24, 2.45) is 0 Å². The monoisotopic (exact) mass is 613 g/mol. The summed E-state index contributed by atoms with van der Waals surface area (Å²) < 4.78 is 73.6. The molecule has 41 heavy (non-hydrogen) atoms. The van der Waals surface area contributed by atoms with Gasteiger partial charge in [-0.15, -0.1) is 0 Å². The van der Waals surface area contributed by atoms with Crippen LogP contribution < -0.4 is 5.32 Å². The maximum absolute atomic E-state index is 13.9. The molecule has 0 spiro atoms. The topological polar surface area (TPSA) is 105 Å². The molecule has 2 saturated heterocycles. The summed E-state index contributed by atoms with van der Waals surface area (Å²) in [6.07, 6.45) is 2.19. The summed E-state index contributed by atoms with van der Waals surface area (Å²) in [6, 6.07) is 5.41. The van der Waals surface area contributed by atoms with Crippen molar-refractivity contribution in [1.29, 1.82) is 0 Å². The number of anilines is 1. The fourth-order valence-electron chi connectivity index (χ4n) is 5.19. The van der Waals surface area contributed by atoms with Crippen molar-refractivity contribution >= 4 is 27.6 Å². The molecular formula is C26H31ClF3N7O3S. The molecule has 15 heteroatoms. The molecule has 1 N–H and O–H groups in total. The van der Waals surface area contributed by atoms with Crippen LogP contribution in [-0.4, -0.2) is 88.8 Å². The first-order valence-corrected chi connectivity index (χ1v) is 15.4. The zero-order valence-electron chi connectivity index (χ0n) is 22.6. The van der Waals surface area contributed by atoms with Gasteiger partial charge >= 0.3 is 6.18 Å². The molecule has 3 aromatic rings. The van der Waals surface area contributed by atoms with E-state index in [1.165, 1.54) is 16.8 Å². The van der Waals surface area contributed by atoms with E-state index in [9.17, 15) is 21.6 Å². The molecule has 1 atom stereocenters. The average Bonchev–Trinajstić information content (AvgIpc) is 3.58. The molecule has 5 rings (SSSR count). The molecule has 2 aliphatic heterocycles. The van der Waals surface area contributed by atoms with E-state index in [1.54, 1.807) is 11.7 Å². The number of rotatable bonds is 8. The van der Waals surface area contributed by atoms with Gasteiger partial charge in [0.25, 0.3) is 0 Å². The number of aromatic nitrogens is 4. The standard InChI is InChI=1S/C26H31ClF3N7O3S/c1-40-19-7-8-35(14-19)13-17-3-4-23(21(27)11-17)36-15-22(32-16-36)24-20(26(28,29)30)12-31-25(34-24)33-18-5-9-37(10-6-18)41(2,38)39/h3-4,11-12,15-16,18-19H,5-10,13-14H2,1-2H3,(H,31,33,34)/t19-/m1/s1. The number of ether oxygens (including phenoxy) is 1. The summed E-state index contributed by atoms with van der Waals surface area (Å²) in [5.74, 6) is 0.0142. The number of imidazole rings is 1. The Morgan fingerprint density at radius 1 is 1.15 bits per heavy atom. The van der Waals surface area contributed by atoms with E-state index in [2.05, 4.69) is 25.2 Å². The second-order valence-corrected chi connectivity index (χ2v) is 12.8. The lowest BCUT2D eigenvalue weighted by Crippen LogP contribution is -2.42. The fraction of sp³-hybridized carbons (Fsp3) is 0.500. The molecule has 2 aliphatic rings. The highest BCUT2D eigenvalue weighted by Gasteiger charge is 2.36. The van der Waals surface area contributed by atoms with Gasteiger partial charge in [-0.2, -0.15) is 13.2 Å². The zero-order valence-corrected chi connectivity index (χ0v) is 24.2. The minimum absolute atomic E-state index is 0.0116. The number of methoxy groups -OCH3 is 1. The predicted octanol–water partition coefficient (Wildman–Crippen LogP) is 4.06. The van der Waals surface area contributed by atoms with Crippen LogP contribution in [0.2, 0.25) is 5.02 Å². The van der Waals surface area contributed by atoms with E-state index in [1.807, 2.05) is 18.2 Å². The third-order valence-corrected chi connectivity index (χ3v) is 9.04. The van der Waals surface area contributed by atoms with Gasteiger partial charge in [-0.25, -0.2) is 27.7 Å². The lowest BCUT2D eigenvalue weighted by atomic mass is 10.1. The first-order valence-electron chi connectivity index (χ1n) is 13.1. The molecule has 0 aliphatic carbocycles. The van der Waals surface area contributed by atoms with Crippen LogP contribution in [0.3, 0.4) is 0 Å². The van der Waals surface area contributed by atoms with Crippen molar-refractivity contribution in [2.75, 3.05) is 44.9 Å². The second kappa shape index (κ2) is 11.8. The number of likely N-dealkylation sites (tertiary alicyclic amines) is 1. The Balaban J connectivity index is 1.35. The summed E-state index contributed by atoms with van der Waals surface area (Å²) in [6.45, 7) is 3.10. The van der Waals surface area contributed by atoms with Crippen LogP contribution in [0.4, 0.5) is 19.1 Å². The zero-order chi connectivity index (χ0) is 29.4. The summed E-state index contributed by atoms with van der Waals surface area (Å²) in [4.78, 5) is 14.6. The van der Waals surface area contributed by atoms with E-state index in [0.29, 0.717) is 43.2 Å². The van der Waals surface area contributed by atoms with Crippen molar-refractivity contribution in [3.05, 3.63) is 53.1 Å². The van der Waals surface area contributed by atoms with Crippen LogP contribution in [0.1, 0.15) is 30.4 Å². The Morgan fingerprint density at radius 3 is 2.54 bits per heavy atom. The first-order chi connectivity index (χ1) is 19.4. The van der Waals surface area contributed by atoms with Crippen LogP contribution in [0.15, 0.2) is 36.9 Å². The Hall–Kier alpha value is -2.78. The van der Waals surface area contributed by atoms with Gasteiger partial charge in [0, 0.05) is 58.3 Å². The minimum atomic E-state index is -4.70. The van der Waals surface area contributed by atoms with Crippen molar-refractivity contribution in [3.8, 4) is 17.1 Å². The molecule has 1 aromatic carbocycles. The van der Waals surface area contributed by atoms with Crippen LogP contribution in [0.25, 0.3) is 17.1 Å². The highest BCUT2D eigenvalue weighted by atomic mass is 35.5. The molecular weight excluding hydrogens is 583 g/mol. The number of benzene rings is 1. The summed E-state index contributed by atoms with van der Waals surface area (Å²) in [5, 5.41) is 3.49. The highest BCUT2D eigenvalue weighted by Crippen LogP contribution is 2.36. The van der Waals surface area contributed by atoms with E-state index in [-0.39, 0.29) is 29.5 Å². The molecule has 10 nitrogen and oxygen atoms in total. The van der Waals surface area contributed by atoms with Gasteiger partial charge in [-0.3, -0.25) is 4.90 Å². The van der Waals surface area contributed by atoms with Gasteiger partial charge in [-0.05, 0) is 37.0 Å². The Kier molecular flexibility index (Phi) is 8.58. The molecule has 0 unspecified atom stereocenters. The van der Waals surface area contributed by atoms with Gasteiger partial charge < -0.3 is 14.6 Å². The number of piperidine rings is 1. The van der Waals surface area contributed by atoms with Gasteiger partial charge in [-0.1, -0.05) is 17.7 Å². The van der Waals surface area contributed by atoms with Gasteiger partial charge in [0.05, 0.1) is 23.1 Å². The number of alkyl halides is 3. The molecule has 2 fully saturated rings. The fourth-order valence-corrected chi connectivity index (χ4v) is 6.37. The number of nitrogens with zero attached hydrogens (tertiary/aromatic N) is 6. The normalized spacial score (nSPS) is 19.6. The summed E-state index contributed by atoms with van der Waals surface area (Å²) >= 11 is 6.59. The largest absolute Gasteiger partial charge is 0.420 e. The van der Waals surface area contributed by atoms with Crippen molar-refractivity contribution in [2.45, 2.75) is 44.1 Å². The third-order valence-electron chi connectivity index (χ3n) is 7.43. The number of sulfonamides is 1. The first kappa shape index (κ1) is 29.7. The van der Waals surface area contributed by atoms with E-state index in [0.717, 1.165) is 37.5 Å². The second-order valence-electron chi connectivity index (χ2n) is 10.4. The number of halogens is 4. The lowest BCUT2D eigenvalue weighted by molar-refractivity contribution is -0.137. The smallest absolute Gasteiger partial charge is 0.380 e. The van der Waals surface area contributed by atoms with Gasteiger partial charge in [0.15, 0.2) is 0 Å².